The molecule has 0 unspecified atom stereocenters. The number of carbonyl (C=O) groups excluding carboxylic acids is 3. The molecule has 0 bridgehead atoms. The molecule has 1 aromatic carbocycles. The van der Waals surface area contributed by atoms with Crippen LogP contribution in [0.2, 0.25) is 0 Å². The molecule has 7 nitrogen and oxygen atoms in total. The van der Waals surface area contributed by atoms with Crippen molar-refractivity contribution in [1.82, 2.24) is 16.2 Å². The van der Waals surface area contributed by atoms with Gasteiger partial charge in [-0.15, -0.1) is 0 Å². The van der Waals surface area contributed by atoms with E-state index in [2.05, 4.69) is 10.7 Å². The molecule has 0 aromatic heterocycles. The van der Waals surface area contributed by atoms with Gasteiger partial charge < -0.3 is 5.32 Å². The van der Waals surface area contributed by atoms with Crippen molar-refractivity contribution in [2.24, 2.45) is 0 Å². The summed E-state index contributed by atoms with van der Waals surface area (Å²) in [6.07, 6.45) is 1.74. The number of nitrogens with one attached hydrogen (secondary N) is 3. The zero-order valence-corrected chi connectivity index (χ0v) is 10.5. The quantitative estimate of drug-likeness (QED) is 0.502. The van der Waals surface area contributed by atoms with Gasteiger partial charge in [-0.25, -0.2) is 0 Å². The summed E-state index contributed by atoms with van der Waals surface area (Å²) in [5, 5.41) is 11.1. The van der Waals surface area contributed by atoms with Crippen LogP contribution in [0.25, 0.3) is 0 Å². The lowest BCUT2D eigenvalue weighted by molar-refractivity contribution is -0.139. The Morgan fingerprint density at radius 1 is 1.05 bits per heavy atom. The van der Waals surface area contributed by atoms with Crippen molar-refractivity contribution in [3.8, 4) is 6.07 Å². The summed E-state index contributed by atoms with van der Waals surface area (Å²) in [5.74, 6) is -2.26. The first kappa shape index (κ1) is 13.5. The lowest BCUT2D eigenvalue weighted by atomic mass is 10.1. The lowest BCUT2D eigenvalue weighted by Crippen LogP contribution is -2.48. The summed E-state index contributed by atoms with van der Waals surface area (Å²) in [5.41, 5.74) is 4.85. The minimum atomic E-state index is -0.918. The fraction of sp³-hybridized carbons (Fsp3) is 0.231. The summed E-state index contributed by atoms with van der Waals surface area (Å²) in [6.45, 7) is 0. The van der Waals surface area contributed by atoms with Crippen molar-refractivity contribution in [1.29, 1.82) is 5.26 Å². The summed E-state index contributed by atoms with van der Waals surface area (Å²) < 4.78 is 0. The van der Waals surface area contributed by atoms with E-state index >= 15 is 0 Å². The van der Waals surface area contributed by atoms with Crippen LogP contribution in [0.1, 0.15) is 28.8 Å². The standard InChI is InChI=1S/C13H12N4O3/c14-7-8-1-3-9(4-2-8)11(18)16-17-13(20)12(19)15-10-5-6-10/h1-4,10H,5-6H2,(H,15,19)(H,16,18)(H,17,20). The number of benzene rings is 1. The molecule has 0 aliphatic heterocycles. The van der Waals surface area contributed by atoms with Crippen molar-refractivity contribution in [3.05, 3.63) is 35.4 Å². The van der Waals surface area contributed by atoms with E-state index in [1.165, 1.54) is 24.3 Å². The summed E-state index contributed by atoms with van der Waals surface area (Å²) in [4.78, 5) is 34.3. The predicted molar refractivity (Wildman–Crippen MR) is 67.9 cm³/mol. The minimum absolute atomic E-state index is 0.0717. The molecule has 0 heterocycles. The van der Waals surface area contributed by atoms with Crippen LogP contribution in [-0.2, 0) is 9.59 Å². The van der Waals surface area contributed by atoms with E-state index in [1.54, 1.807) is 0 Å². The van der Waals surface area contributed by atoms with Gasteiger partial charge >= 0.3 is 11.8 Å². The van der Waals surface area contributed by atoms with E-state index in [9.17, 15) is 14.4 Å². The van der Waals surface area contributed by atoms with Gasteiger partial charge in [-0.2, -0.15) is 5.26 Å². The monoisotopic (exact) mass is 272 g/mol. The number of hydrogen-bond donors (Lipinski definition) is 3. The number of hydrogen-bond acceptors (Lipinski definition) is 4. The van der Waals surface area contributed by atoms with Crippen molar-refractivity contribution in [2.45, 2.75) is 18.9 Å². The highest BCUT2D eigenvalue weighted by Crippen LogP contribution is 2.18. The molecule has 0 saturated heterocycles. The maximum atomic E-state index is 11.7. The van der Waals surface area contributed by atoms with Gasteiger partial charge in [0.15, 0.2) is 0 Å². The molecule has 102 valence electrons. The Bertz CT molecular complexity index is 585. The predicted octanol–water partition coefficient (Wildman–Crippen LogP) is -0.402. The van der Waals surface area contributed by atoms with Gasteiger partial charge in [0.2, 0.25) is 0 Å². The number of nitriles is 1. The summed E-state index contributed by atoms with van der Waals surface area (Å²) in [7, 11) is 0. The molecule has 1 saturated carbocycles. The number of hydrazine groups is 1. The average Bonchev–Trinajstić information content (AvgIpc) is 3.28. The smallest absolute Gasteiger partial charge is 0.327 e. The minimum Gasteiger partial charge on any atom is -0.345 e. The highest BCUT2D eigenvalue weighted by molar-refractivity contribution is 6.35. The molecule has 20 heavy (non-hydrogen) atoms. The number of rotatable bonds is 2. The molecule has 1 aliphatic rings. The Balaban J connectivity index is 1.83. The zero-order chi connectivity index (χ0) is 14.5. The van der Waals surface area contributed by atoms with Crippen LogP contribution in [0.15, 0.2) is 24.3 Å². The first-order chi connectivity index (χ1) is 9.60. The second-order valence-corrected chi connectivity index (χ2v) is 4.35. The van der Waals surface area contributed by atoms with Crippen LogP contribution in [0.5, 0.6) is 0 Å². The molecule has 0 spiro atoms. The number of amides is 3. The van der Waals surface area contributed by atoms with Crippen LogP contribution in [0.3, 0.4) is 0 Å². The van der Waals surface area contributed by atoms with Crippen molar-refractivity contribution in [2.75, 3.05) is 0 Å². The van der Waals surface area contributed by atoms with E-state index in [-0.39, 0.29) is 11.6 Å². The Morgan fingerprint density at radius 2 is 1.70 bits per heavy atom. The highest BCUT2D eigenvalue weighted by Gasteiger charge is 2.26. The third-order valence-corrected chi connectivity index (χ3v) is 2.68. The van der Waals surface area contributed by atoms with Gasteiger partial charge in [0.25, 0.3) is 5.91 Å². The third kappa shape index (κ3) is 3.55. The molecular formula is C13H12N4O3. The van der Waals surface area contributed by atoms with E-state index in [0.717, 1.165) is 12.8 Å². The largest absolute Gasteiger partial charge is 0.345 e. The van der Waals surface area contributed by atoms with Gasteiger partial charge in [0.1, 0.15) is 0 Å². The molecule has 0 radical (unpaired) electrons. The Kier molecular flexibility index (Phi) is 3.96. The van der Waals surface area contributed by atoms with Gasteiger partial charge in [-0.3, -0.25) is 25.2 Å². The Morgan fingerprint density at radius 3 is 2.25 bits per heavy atom. The first-order valence-electron chi connectivity index (χ1n) is 6.01. The van der Waals surface area contributed by atoms with Crippen LogP contribution >= 0.6 is 0 Å². The molecule has 1 aliphatic carbocycles. The maximum Gasteiger partial charge on any atom is 0.327 e. The molecule has 3 N–H and O–H groups in total. The van der Waals surface area contributed by atoms with E-state index in [0.29, 0.717) is 5.56 Å². The van der Waals surface area contributed by atoms with Gasteiger partial charge in [0, 0.05) is 11.6 Å². The van der Waals surface area contributed by atoms with E-state index in [4.69, 9.17) is 5.26 Å². The Labute approximate surface area is 114 Å². The zero-order valence-electron chi connectivity index (χ0n) is 10.5. The van der Waals surface area contributed by atoms with Gasteiger partial charge in [0.05, 0.1) is 11.6 Å². The average molecular weight is 272 g/mol. The second-order valence-electron chi connectivity index (χ2n) is 4.35. The number of nitrogens with zero attached hydrogens (tertiary/aromatic N) is 1. The van der Waals surface area contributed by atoms with Crippen molar-refractivity contribution in [3.63, 3.8) is 0 Å². The van der Waals surface area contributed by atoms with Gasteiger partial charge in [-0.1, -0.05) is 0 Å². The normalized spacial score (nSPS) is 12.9. The first-order valence-corrected chi connectivity index (χ1v) is 6.01. The second kappa shape index (κ2) is 5.84. The van der Waals surface area contributed by atoms with Crippen molar-refractivity contribution < 1.29 is 14.4 Å². The lowest BCUT2D eigenvalue weighted by Gasteiger charge is -2.07. The van der Waals surface area contributed by atoms with Crippen LogP contribution < -0.4 is 16.2 Å². The molecule has 1 aromatic rings. The SMILES string of the molecule is N#Cc1ccc(C(=O)NNC(=O)C(=O)NC2CC2)cc1. The van der Waals surface area contributed by atoms with Crippen LogP contribution in [0, 0.1) is 11.3 Å². The molecule has 0 atom stereocenters. The number of carbonyl (C=O) groups is 3. The molecule has 2 rings (SSSR count). The molecule has 7 heteroatoms. The molecule has 1 fully saturated rings. The summed E-state index contributed by atoms with van der Waals surface area (Å²) in [6, 6.07) is 7.86. The highest BCUT2D eigenvalue weighted by atomic mass is 16.2. The molecule has 3 amide bonds. The van der Waals surface area contributed by atoms with E-state index < -0.39 is 17.7 Å². The van der Waals surface area contributed by atoms with Gasteiger partial charge in [-0.05, 0) is 37.1 Å². The van der Waals surface area contributed by atoms with Crippen LogP contribution in [-0.4, -0.2) is 23.8 Å². The topological polar surface area (TPSA) is 111 Å². The van der Waals surface area contributed by atoms with E-state index in [1.807, 2.05) is 11.5 Å². The Hall–Kier alpha value is -2.88. The van der Waals surface area contributed by atoms with Crippen molar-refractivity contribution >= 4 is 17.7 Å². The summed E-state index contributed by atoms with van der Waals surface area (Å²) >= 11 is 0. The third-order valence-electron chi connectivity index (χ3n) is 2.68. The fourth-order valence-electron chi connectivity index (χ4n) is 1.42. The maximum absolute atomic E-state index is 11.7. The van der Waals surface area contributed by atoms with Crippen LogP contribution in [0.4, 0.5) is 0 Å². The fourth-order valence-corrected chi connectivity index (χ4v) is 1.42. The molecular weight excluding hydrogens is 260 g/mol.